The Morgan fingerprint density at radius 1 is 1.12 bits per heavy atom. The summed E-state index contributed by atoms with van der Waals surface area (Å²) in [6.45, 7) is 11.3. The van der Waals surface area contributed by atoms with Gasteiger partial charge in [0.25, 0.3) is 0 Å². The summed E-state index contributed by atoms with van der Waals surface area (Å²) in [6.07, 6.45) is 2.24. The van der Waals surface area contributed by atoms with Gasteiger partial charge < -0.3 is 14.7 Å². The van der Waals surface area contributed by atoms with Crippen molar-refractivity contribution < 1.29 is 14.6 Å². The highest BCUT2D eigenvalue weighted by molar-refractivity contribution is 5.68. The van der Waals surface area contributed by atoms with Crippen LogP contribution in [0.1, 0.15) is 41.5 Å². The van der Waals surface area contributed by atoms with Gasteiger partial charge in [-0.1, -0.05) is 6.92 Å². The van der Waals surface area contributed by atoms with Crippen molar-refractivity contribution in [2.45, 2.75) is 59.7 Å². The Balaban J connectivity index is 4.34. The van der Waals surface area contributed by atoms with Crippen LogP contribution >= 0.6 is 0 Å². The van der Waals surface area contributed by atoms with Crippen molar-refractivity contribution in [2.24, 2.45) is 5.92 Å². The molecule has 1 N–H and O–H groups in total. The first kappa shape index (κ1) is 16.0. The largest absolute Gasteiger partial charge is 0.418 e. The molecule has 1 amide bonds. The Morgan fingerprint density at radius 2 is 1.59 bits per heavy atom. The van der Waals surface area contributed by atoms with E-state index in [1.165, 1.54) is 6.26 Å². The Hall–Kier alpha value is -1.03. The predicted molar refractivity (Wildman–Crippen MR) is 68.6 cm³/mol. The van der Waals surface area contributed by atoms with E-state index in [4.69, 9.17) is 4.74 Å². The van der Waals surface area contributed by atoms with Gasteiger partial charge in [-0.25, -0.2) is 4.79 Å². The molecule has 0 saturated heterocycles. The van der Waals surface area contributed by atoms with E-state index in [1.807, 2.05) is 34.6 Å². The summed E-state index contributed by atoms with van der Waals surface area (Å²) in [5.41, 5.74) is 0. The van der Waals surface area contributed by atoms with Gasteiger partial charge in [0.2, 0.25) is 0 Å². The van der Waals surface area contributed by atoms with E-state index in [1.54, 1.807) is 17.9 Å². The zero-order chi connectivity index (χ0) is 13.6. The Morgan fingerprint density at radius 3 is 1.94 bits per heavy atom. The second kappa shape index (κ2) is 7.33. The first-order valence-corrected chi connectivity index (χ1v) is 6.11. The zero-order valence-corrected chi connectivity index (χ0v) is 11.7. The fraction of sp³-hybridized carbons (Fsp3) is 0.769. The van der Waals surface area contributed by atoms with Gasteiger partial charge in [-0.15, -0.1) is 0 Å². The highest BCUT2D eigenvalue weighted by atomic mass is 16.5. The molecule has 0 heterocycles. The maximum atomic E-state index is 11.8. The highest BCUT2D eigenvalue weighted by Crippen LogP contribution is 2.09. The second-order valence-corrected chi connectivity index (χ2v) is 4.91. The molecule has 4 heteroatoms. The van der Waals surface area contributed by atoms with Gasteiger partial charge >= 0.3 is 6.09 Å². The molecule has 0 saturated carbocycles. The van der Waals surface area contributed by atoms with Crippen LogP contribution in [-0.4, -0.2) is 34.3 Å². The van der Waals surface area contributed by atoms with Crippen LogP contribution in [-0.2, 0) is 4.74 Å². The molecule has 0 aromatic carbocycles. The monoisotopic (exact) mass is 243 g/mol. The van der Waals surface area contributed by atoms with Crippen molar-refractivity contribution in [2.75, 3.05) is 0 Å². The molecule has 0 aliphatic rings. The van der Waals surface area contributed by atoms with E-state index in [2.05, 4.69) is 0 Å². The van der Waals surface area contributed by atoms with Crippen molar-refractivity contribution in [1.82, 2.24) is 4.90 Å². The van der Waals surface area contributed by atoms with Crippen LogP contribution in [0.3, 0.4) is 0 Å². The van der Waals surface area contributed by atoms with Gasteiger partial charge in [0.15, 0.2) is 0 Å². The molecule has 0 aromatic rings. The Labute approximate surface area is 104 Å². The smallest absolute Gasteiger partial charge is 0.415 e. The molecular weight excluding hydrogens is 218 g/mol. The molecule has 0 radical (unpaired) electrons. The Kier molecular flexibility index (Phi) is 6.88. The van der Waals surface area contributed by atoms with Crippen molar-refractivity contribution in [3.05, 3.63) is 12.3 Å². The van der Waals surface area contributed by atoms with Crippen LogP contribution in [0.15, 0.2) is 12.3 Å². The zero-order valence-electron chi connectivity index (χ0n) is 11.7. The summed E-state index contributed by atoms with van der Waals surface area (Å²) in [4.78, 5) is 13.4. The molecule has 0 spiro atoms. The average molecular weight is 243 g/mol. The number of rotatable bonds is 5. The van der Waals surface area contributed by atoms with E-state index >= 15 is 0 Å². The predicted octanol–water partition coefficient (Wildman–Crippen LogP) is 2.77. The van der Waals surface area contributed by atoms with Crippen molar-refractivity contribution in [3.63, 3.8) is 0 Å². The third-order valence-corrected chi connectivity index (χ3v) is 2.64. The fourth-order valence-electron chi connectivity index (χ4n) is 1.46. The van der Waals surface area contributed by atoms with Crippen LogP contribution in [0.4, 0.5) is 4.79 Å². The highest BCUT2D eigenvalue weighted by Gasteiger charge is 2.20. The number of amides is 1. The fourth-order valence-corrected chi connectivity index (χ4v) is 1.46. The molecule has 17 heavy (non-hydrogen) atoms. The summed E-state index contributed by atoms with van der Waals surface area (Å²) in [5.74, 6) is -0.0330. The molecule has 0 aliphatic carbocycles. The van der Waals surface area contributed by atoms with Crippen molar-refractivity contribution in [1.29, 1.82) is 0 Å². The van der Waals surface area contributed by atoms with Gasteiger partial charge in [-0.3, -0.25) is 0 Å². The SMILES string of the molecule is CC(C)N(C(=O)O/C=C/[C@H](C)[C@@H](C)O)C(C)C. The number of nitrogens with zero attached hydrogens (tertiary/aromatic N) is 1. The van der Waals surface area contributed by atoms with Crippen molar-refractivity contribution >= 4 is 6.09 Å². The number of aliphatic hydroxyl groups is 1. The third kappa shape index (κ3) is 5.73. The van der Waals surface area contributed by atoms with Gasteiger partial charge in [-0.2, -0.15) is 0 Å². The van der Waals surface area contributed by atoms with Crippen molar-refractivity contribution in [3.8, 4) is 0 Å². The first-order chi connectivity index (χ1) is 7.77. The van der Waals surface area contributed by atoms with E-state index < -0.39 is 6.10 Å². The molecule has 0 unspecified atom stereocenters. The topological polar surface area (TPSA) is 49.8 Å². The number of hydrogen-bond donors (Lipinski definition) is 1. The molecule has 0 aliphatic heterocycles. The average Bonchev–Trinajstić information content (AvgIpc) is 2.15. The van der Waals surface area contributed by atoms with Gasteiger partial charge in [0.1, 0.15) is 0 Å². The van der Waals surface area contributed by atoms with E-state index in [9.17, 15) is 9.90 Å². The van der Waals surface area contributed by atoms with Crippen LogP contribution < -0.4 is 0 Å². The molecule has 0 aromatic heterocycles. The number of carbonyl (C=O) groups is 1. The van der Waals surface area contributed by atoms with Gasteiger partial charge in [0.05, 0.1) is 12.4 Å². The molecule has 2 atom stereocenters. The summed E-state index contributed by atoms with van der Waals surface area (Å²) >= 11 is 0. The van der Waals surface area contributed by atoms with E-state index in [0.29, 0.717) is 0 Å². The van der Waals surface area contributed by atoms with E-state index in [0.717, 1.165) is 0 Å². The summed E-state index contributed by atoms with van der Waals surface area (Å²) in [6, 6.07) is 0.204. The number of hydrogen-bond acceptors (Lipinski definition) is 3. The minimum Gasteiger partial charge on any atom is -0.418 e. The van der Waals surface area contributed by atoms with Crippen LogP contribution in [0.25, 0.3) is 0 Å². The maximum Gasteiger partial charge on any atom is 0.415 e. The molecular formula is C13H25NO3. The molecule has 100 valence electrons. The number of ether oxygens (including phenoxy) is 1. The summed E-state index contributed by atoms with van der Waals surface area (Å²) < 4.78 is 5.04. The van der Waals surface area contributed by atoms with Crippen LogP contribution in [0.5, 0.6) is 0 Å². The maximum absolute atomic E-state index is 11.8. The quantitative estimate of drug-likeness (QED) is 0.755. The lowest BCUT2D eigenvalue weighted by molar-refractivity contribution is 0.107. The lowest BCUT2D eigenvalue weighted by Crippen LogP contribution is -2.41. The van der Waals surface area contributed by atoms with Gasteiger partial charge in [-0.05, 0) is 40.7 Å². The number of aliphatic hydroxyl groups excluding tert-OH is 1. The molecule has 0 fully saturated rings. The molecule has 0 bridgehead atoms. The third-order valence-electron chi connectivity index (χ3n) is 2.64. The van der Waals surface area contributed by atoms with Gasteiger partial charge in [0, 0.05) is 18.0 Å². The minimum absolute atomic E-state index is 0.0330. The van der Waals surface area contributed by atoms with Crippen LogP contribution in [0, 0.1) is 5.92 Å². The second-order valence-electron chi connectivity index (χ2n) is 4.91. The lowest BCUT2D eigenvalue weighted by atomic mass is 10.1. The summed E-state index contributed by atoms with van der Waals surface area (Å²) in [5, 5.41) is 9.27. The molecule has 4 nitrogen and oxygen atoms in total. The minimum atomic E-state index is -0.448. The molecule has 0 rings (SSSR count). The Bertz CT molecular complexity index is 251. The summed E-state index contributed by atoms with van der Waals surface area (Å²) in [7, 11) is 0. The standard InChI is InChI=1S/C13H25NO3/c1-9(2)14(10(3)4)13(16)17-8-7-11(5)12(6)15/h7-12,15H,1-6H3/b8-7+/t11-,12+/m0/s1. The van der Waals surface area contributed by atoms with E-state index in [-0.39, 0.29) is 24.1 Å². The number of carbonyl (C=O) groups excluding carboxylic acids is 1. The first-order valence-electron chi connectivity index (χ1n) is 6.11. The van der Waals surface area contributed by atoms with Crippen LogP contribution in [0.2, 0.25) is 0 Å². The lowest BCUT2D eigenvalue weighted by Gasteiger charge is -2.28. The normalized spacial score (nSPS) is 15.4.